The number of unbranched alkanes of at least 4 members (excludes halogenated alkanes) is 10. The van der Waals surface area contributed by atoms with Gasteiger partial charge in [-0.2, -0.15) is 0 Å². The van der Waals surface area contributed by atoms with Gasteiger partial charge in [-0.25, -0.2) is 4.57 Å². The summed E-state index contributed by atoms with van der Waals surface area (Å²) in [5, 5.41) is 0. The van der Waals surface area contributed by atoms with Crippen LogP contribution < -0.4 is 9.05 Å². The highest BCUT2D eigenvalue weighted by Crippen LogP contribution is 2.49. The topological polar surface area (TPSA) is 44.8 Å². The van der Waals surface area contributed by atoms with Crippen LogP contribution in [0.3, 0.4) is 0 Å². The zero-order chi connectivity index (χ0) is 23.6. The van der Waals surface area contributed by atoms with E-state index in [1.54, 1.807) is 24.3 Å². The van der Waals surface area contributed by atoms with Crippen molar-refractivity contribution in [1.29, 1.82) is 0 Å². The Kier molecular flexibility index (Phi) is 14.0. The quantitative estimate of drug-likeness (QED) is 0.150. The van der Waals surface area contributed by atoms with Crippen LogP contribution in [0.2, 0.25) is 0 Å². The standard InChI is InChI=1S/C28H43O4P/c1-26(2)20-14-10-8-6-4-3-5-7-9-11-19-25-30-33(29,31-27-21-15-12-16-22-27)32-28-23-17-13-18-24-28/h12-13,15-18,21-24,26H,3-11,14,19-20,25H2,1-2H3. The molecule has 0 aliphatic heterocycles. The van der Waals surface area contributed by atoms with E-state index in [0.29, 0.717) is 18.1 Å². The molecule has 0 fully saturated rings. The molecule has 0 unspecified atom stereocenters. The molecule has 5 heteroatoms. The molecular weight excluding hydrogens is 431 g/mol. The highest BCUT2D eigenvalue weighted by Gasteiger charge is 2.30. The lowest BCUT2D eigenvalue weighted by atomic mass is 10.0. The summed E-state index contributed by atoms with van der Waals surface area (Å²) in [7, 11) is -3.75. The molecule has 0 atom stereocenters. The number of phosphoric ester groups is 1. The molecule has 0 saturated carbocycles. The van der Waals surface area contributed by atoms with Gasteiger partial charge in [-0.05, 0) is 36.6 Å². The molecule has 0 aromatic heterocycles. The van der Waals surface area contributed by atoms with Gasteiger partial charge in [0, 0.05) is 0 Å². The van der Waals surface area contributed by atoms with Crippen LogP contribution in [0.25, 0.3) is 0 Å². The normalized spacial score (nSPS) is 11.6. The summed E-state index contributed by atoms with van der Waals surface area (Å²) in [5.41, 5.74) is 0. The number of hydrogen-bond donors (Lipinski definition) is 0. The molecule has 0 bridgehead atoms. The van der Waals surface area contributed by atoms with Gasteiger partial charge < -0.3 is 9.05 Å². The first-order chi connectivity index (χ1) is 16.1. The Morgan fingerprint density at radius 2 is 1.00 bits per heavy atom. The predicted octanol–water partition coefficient (Wildman–Crippen LogP) is 9.61. The molecule has 2 aromatic carbocycles. The highest BCUT2D eigenvalue weighted by atomic mass is 31.2. The molecule has 4 nitrogen and oxygen atoms in total. The second kappa shape index (κ2) is 16.8. The van der Waals surface area contributed by atoms with E-state index in [1.807, 2.05) is 36.4 Å². The monoisotopic (exact) mass is 474 g/mol. The lowest BCUT2D eigenvalue weighted by Gasteiger charge is -2.19. The lowest BCUT2D eigenvalue weighted by molar-refractivity contribution is 0.205. The Bertz CT molecular complexity index is 718. The van der Waals surface area contributed by atoms with Crippen molar-refractivity contribution in [2.24, 2.45) is 5.92 Å². The van der Waals surface area contributed by atoms with E-state index >= 15 is 0 Å². The van der Waals surface area contributed by atoms with Gasteiger partial charge in [0.25, 0.3) is 0 Å². The Balaban J connectivity index is 1.57. The molecule has 2 aromatic rings. The minimum Gasteiger partial charge on any atom is -0.395 e. The summed E-state index contributed by atoms with van der Waals surface area (Å²) in [6, 6.07) is 18.1. The third-order valence-corrected chi connectivity index (χ3v) is 6.96. The summed E-state index contributed by atoms with van der Waals surface area (Å²) >= 11 is 0. The first-order valence-electron chi connectivity index (χ1n) is 12.8. The molecule has 0 spiro atoms. The maximum absolute atomic E-state index is 13.2. The van der Waals surface area contributed by atoms with Gasteiger partial charge in [-0.1, -0.05) is 121 Å². The number of phosphoric acid groups is 1. The molecule has 0 aliphatic carbocycles. The Hall–Kier alpha value is -1.77. The smallest absolute Gasteiger partial charge is 0.395 e. The average Bonchev–Trinajstić information content (AvgIpc) is 2.80. The third-order valence-electron chi connectivity index (χ3n) is 5.60. The lowest BCUT2D eigenvalue weighted by Crippen LogP contribution is -2.06. The SMILES string of the molecule is CC(C)CCCCCCCCCCCCCOP(=O)(Oc1ccccc1)Oc1ccccc1. The molecular formula is C28H43O4P. The molecule has 0 heterocycles. The zero-order valence-corrected chi connectivity index (χ0v) is 21.5. The minimum absolute atomic E-state index is 0.354. The predicted molar refractivity (Wildman–Crippen MR) is 138 cm³/mol. The van der Waals surface area contributed by atoms with Gasteiger partial charge in [0.2, 0.25) is 0 Å². The van der Waals surface area contributed by atoms with E-state index in [1.165, 1.54) is 64.2 Å². The van der Waals surface area contributed by atoms with Crippen LogP contribution in [0.15, 0.2) is 60.7 Å². The summed E-state index contributed by atoms with van der Waals surface area (Å²) in [5.74, 6) is 1.78. The first kappa shape index (κ1) is 27.5. The third kappa shape index (κ3) is 13.5. The Morgan fingerprint density at radius 3 is 1.42 bits per heavy atom. The molecule has 184 valence electrons. The van der Waals surface area contributed by atoms with Crippen molar-refractivity contribution in [2.45, 2.75) is 90.9 Å². The van der Waals surface area contributed by atoms with Crippen molar-refractivity contribution >= 4 is 7.82 Å². The van der Waals surface area contributed by atoms with Gasteiger partial charge >= 0.3 is 7.82 Å². The molecule has 2 rings (SSSR count). The van der Waals surface area contributed by atoms with E-state index in [-0.39, 0.29) is 0 Å². The van der Waals surface area contributed by atoms with Crippen LogP contribution in [0.4, 0.5) is 0 Å². The number of hydrogen-bond acceptors (Lipinski definition) is 4. The molecule has 33 heavy (non-hydrogen) atoms. The fraction of sp³-hybridized carbons (Fsp3) is 0.571. The van der Waals surface area contributed by atoms with E-state index in [9.17, 15) is 4.57 Å². The second-order valence-corrected chi connectivity index (χ2v) is 10.7. The van der Waals surface area contributed by atoms with Crippen molar-refractivity contribution in [1.82, 2.24) is 0 Å². The van der Waals surface area contributed by atoms with Crippen molar-refractivity contribution in [3.8, 4) is 11.5 Å². The van der Waals surface area contributed by atoms with Crippen LogP contribution in [0, 0.1) is 5.92 Å². The summed E-state index contributed by atoms with van der Waals surface area (Å²) in [4.78, 5) is 0. The Morgan fingerprint density at radius 1 is 0.606 bits per heavy atom. The maximum atomic E-state index is 13.2. The van der Waals surface area contributed by atoms with Crippen molar-refractivity contribution in [3.63, 3.8) is 0 Å². The molecule has 0 aliphatic rings. The summed E-state index contributed by atoms with van der Waals surface area (Å²) in [6.07, 6.45) is 15.3. The van der Waals surface area contributed by atoms with Crippen LogP contribution in [0.5, 0.6) is 11.5 Å². The highest BCUT2D eigenvalue weighted by molar-refractivity contribution is 7.49. The van der Waals surface area contributed by atoms with Crippen LogP contribution >= 0.6 is 7.82 Å². The van der Waals surface area contributed by atoms with E-state index < -0.39 is 7.82 Å². The zero-order valence-electron chi connectivity index (χ0n) is 20.6. The van der Waals surface area contributed by atoms with Crippen molar-refractivity contribution in [3.05, 3.63) is 60.7 Å². The Labute approximate surface area is 201 Å². The number of para-hydroxylation sites is 2. The minimum atomic E-state index is -3.75. The van der Waals surface area contributed by atoms with Crippen molar-refractivity contribution in [2.75, 3.05) is 6.61 Å². The van der Waals surface area contributed by atoms with E-state index in [4.69, 9.17) is 13.6 Å². The van der Waals surface area contributed by atoms with Gasteiger partial charge in [0.15, 0.2) is 0 Å². The summed E-state index contributed by atoms with van der Waals surface area (Å²) < 4.78 is 30.1. The molecule has 0 radical (unpaired) electrons. The van der Waals surface area contributed by atoms with Crippen LogP contribution in [-0.2, 0) is 9.09 Å². The largest absolute Gasteiger partial charge is 0.587 e. The average molecular weight is 475 g/mol. The first-order valence-corrected chi connectivity index (χ1v) is 14.3. The van der Waals surface area contributed by atoms with Crippen molar-refractivity contribution < 1.29 is 18.1 Å². The molecule has 0 N–H and O–H groups in total. The number of benzene rings is 2. The van der Waals surface area contributed by atoms with E-state index in [0.717, 1.165) is 18.8 Å². The fourth-order valence-electron chi connectivity index (χ4n) is 3.71. The van der Waals surface area contributed by atoms with E-state index in [2.05, 4.69) is 13.8 Å². The van der Waals surface area contributed by atoms with Gasteiger partial charge in [0.1, 0.15) is 11.5 Å². The maximum Gasteiger partial charge on any atom is 0.587 e. The summed E-state index contributed by atoms with van der Waals surface area (Å²) in [6.45, 7) is 4.97. The van der Waals surface area contributed by atoms with Crippen LogP contribution in [-0.4, -0.2) is 6.61 Å². The number of rotatable bonds is 19. The fourth-order valence-corrected chi connectivity index (χ4v) is 4.97. The second-order valence-electron chi connectivity index (χ2n) is 9.16. The van der Waals surface area contributed by atoms with Gasteiger partial charge in [-0.3, -0.25) is 4.52 Å². The van der Waals surface area contributed by atoms with Gasteiger partial charge in [-0.15, -0.1) is 0 Å². The van der Waals surface area contributed by atoms with Gasteiger partial charge in [0.05, 0.1) is 6.61 Å². The molecule has 0 amide bonds. The van der Waals surface area contributed by atoms with Crippen LogP contribution in [0.1, 0.15) is 90.9 Å². The molecule has 0 saturated heterocycles.